The molecule has 2 aromatic carbocycles. The fraction of sp³-hybridized carbons (Fsp3) is 0.316. The van der Waals surface area contributed by atoms with Crippen molar-refractivity contribution in [1.82, 2.24) is 4.72 Å². The summed E-state index contributed by atoms with van der Waals surface area (Å²) < 4.78 is 32.7. The summed E-state index contributed by atoms with van der Waals surface area (Å²) in [5, 5.41) is 0. The van der Waals surface area contributed by atoms with Gasteiger partial charge in [-0.2, -0.15) is 0 Å². The number of carbonyl (C=O) groups excluding carboxylic acids is 1. The van der Waals surface area contributed by atoms with Gasteiger partial charge in [0.05, 0.1) is 11.0 Å². The van der Waals surface area contributed by atoms with E-state index in [1.807, 2.05) is 37.3 Å². The first-order chi connectivity index (χ1) is 11.9. The molecule has 1 atom stereocenters. The highest BCUT2D eigenvalue weighted by Crippen LogP contribution is 2.16. The number of hydrogen-bond donors (Lipinski definition) is 1. The van der Waals surface area contributed by atoms with Gasteiger partial charge in [0.25, 0.3) is 0 Å². The number of carbonyl (C=O) groups is 1. The van der Waals surface area contributed by atoms with Gasteiger partial charge in [-0.3, -0.25) is 4.79 Å². The minimum absolute atomic E-state index is 0.0306. The number of ketones is 1. The molecule has 5 nitrogen and oxygen atoms in total. The predicted molar refractivity (Wildman–Crippen MR) is 97.1 cm³/mol. The maximum atomic E-state index is 12.2. The van der Waals surface area contributed by atoms with Gasteiger partial charge in [-0.1, -0.05) is 42.5 Å². The molecule has 0 heterocycles. The molecule has 134 valence electrons. The first-order valence-electron chi connectivity index (χ1n) is 8.17. The largest absolute Gasteiger partial charge is 0.374 e. The Morgan fingerprint density at radius 3 is 2.32 bits per heavy atom. The zero-order valence-corrected chi connectivity index (χ0v) is 15.3. The summed E-state index contributed by atoms with van der Waals surface area (Å²) in [6, 6.07) is 15.8. The number of nitrogens with one attached hydrogen (secondary N) is 1. The zero-order valence-electron chi connectivity index (χ0n) is 14.4. The molecule has 2 rings (SSSR count). The average molecular weight is 361 g/mol. The molecule has 25 heavy (non-hydrogen) atoms. The van der Waals surface area contributed by atoms with Crippen molar-refractivity contribution in [2.75, 3.05) is 13.2 Å². The highest BCUT2D eigenvalue weighted by molar-refractivity contribution is 7.89. The Labute approximate surface area is 149 Å². The summed E-state index contributed by atoms with van der Waals surface area (Å²) in [6.45, 7) is 4.16. The second kappa shape index (κ2) is 8.89. The molecule has 0 aliphatic rings. The third-order valence-electron chi connectivity index (χ3n) is 3.82. The van der Waals surface area contributed by atoms with E-state index in [0.29, 0.717) is 18.6 Å². The molecule has 0 saturated carbocycles. The fourth-order valence-corrected chi connectivity index (χ4v) is 3.39. The summed E-state index contributed by atoms with van der Waals surface area (Å²) in [5.41, 5.74) is 1.58. The van der Waals surface area contributed by atoms with Gasteiger partial charge >= 0.3 is 0 Å². The number of Topliss-reactive ketones (excluding diaryl/α,β-unsaturated/α-hetero) is 1. The van der Waals surface area contributed by atoms with Crippen LogP contribution >= 0.6 is 0 Å². The number of hydrogen-bond acceptors (Lipinski definition) is 4. The summed E-state index contributed by atoms with van der Waals surface area (Å²) >= 11 is 0. The molecule has 6 heteroatoms. The molecule has 0 aromatic heterocycles. The van der Waals surface area contributed by atoms with Crippen molar-refractivity contribution < 1.29 is 17.9 Å². The maximum absolute atomic E-state index is 12.2. The molecular formula is C19H23NO4S. The van der Waals surface area contributed by atoms with Crippen LogP contribution in [0.25, 0.3) is 0 Å². The molecule has 0 aliphatic carbocycles. The van der Waals surface area contributed by atoms with Crippen LogP contribution in [0.1, 0.15) is 42.3 Å². The van der Waals surface area contributed by atoms with Crippen molar-refractivity contribution in [1.29, 1.82) is 0 Å². The molecule has 0 aliphatic heterocycles. The summed E-state index contributed by atoms with van der Waals surface area (Å²) in [7, 11) is -3.57. The van der Waals surface area contributed by atoms with Crippen molar-refractivity contribution >= 4 is 15.8 Å². The van der Waals surface area contributed by atoms with Gasteiger partial charge < -0.3 is 4.74 Å². The van der Waals surface area contributed by atoms with E-state index in [2.05, 4.69) is 4.72 Å². The zero-order chi connectivity index (χ0) is 18.3. The van der Waals surface area contributed by atoms with Crippen molar-refractivity contribution in [2.24, 2.45) is 0 Å². The Balaban J connectivity index is 1.77. The number of ether oxygens (including phenoxy) is 1. The van der Waals surface area contributed by atoms with E-state index in [-0.39, 0.29) is 23.3 Å². The Kier molecular flexibility index (Phi) is 6.87. The van der Waals surface area contributed by atoms with Gasteiger partial charge in [-0.05, 0) is 38.0 Å². The molecule has 0 spiro atoms. The molecule has 2 aromatic rings. The summed E-state index contributed by atoms with van der Waals surface area (Å²) in [6.07, 6.45) is 0.541. The van der Waals surface area contributed by atoms with E-state index in [9.17, 15) is 13.2 Å². The molecule has 0 fully saturated rings. The van der Waals surface area contributed by atoms with E-state index in [4.69, 9.17) is 4.74 Å². The highest BCUT2D eigenvalue weighted by Gasteiger charge is 2.13. The van der Waals surface area contributed by atoms with Gasteiger partial charge in [0.2, 0.25) is 10.0 Å². The molecular weight excluding hydrogens is 338 g/mol. The van der Waals surface area contributed by atoms with E-state index in [1.165, 1.54) is 31.2 Å². The smallest absolute Gasteiger partial charge is 0.240 e. The van der Waals surface area contributed by atoms with Crippen LogP contribution in [-0.2, 0) is 14.8 Å². The standard InChI is InChI=1S/C19H23NO4S/c1-15(21)17-9-11-19(12-10-17)25(22,23)20-13-6-14-24-16(2)18-7-4-3-5-8-18/h3-5,7-12,16,20H,6,13-14H2,1-2H3. The summed E-state index contributed by atoms with van der Waals surface area (Å²) in [4.78, 5) is 11.4. The third-order valence-corrected chi connectivity index (χ3v) is 5.30. The average Bonchev–Trinajstić information content (AvgIpc) is 2.62. The van der Waals surface area contributed by atoms with Gasteiger partial charge in [0.15, 0.2) is 5.78 Å². The summed E-state index contributed by atoms with van der Waals surface area (Å²) in [5.74, 6) is -0.0957. The Bertz CT molecular complexity index is 786. The monoisotopic (exact) mass is 361 g/mol. The lowest BCUT2D eigenvalue weighted by Gasteiger charge is -2.13. The normalized spacial score (nSPS) is 12.7. The molecule has 0 radical (unpaired) electrons. The lowest BCUT2D eigenvalue weighted by molar-refractivity contribution is 0.0647. The second-order valence-corrected chi connectivity index (χ2v) is 7.52. The molecule has 0 bridgehead atoms. The van der Waals surface area contributed by atoms with Gasteiger partial charge in [0, 0.05) is 18.7 Å². The Morgan fingerprint density at radius 1 is 1.08 bits per heavy atom. The number of benzene rings is 2. The molecule has 1 unspecified atom stereocenters. The Morgan fingerprint density at radius 2 is 1.72 bits per heavy atom. The van der Waals surface area contributed by atoms with Crippen LogP contribution in [0.5, 0.6) is 0 Å². The number of sulfonamides is 1. The Hall–Kier alpha value is -2.02. The van der Waals surface area contributed by atoms with Crippen LogP contribution in [0.2, 0.25) is 0 Å². The van der Waals surface area contributed by atoms with Crippen molar-refractivity contribution in [3.05, 3.63) is 65.7 Å². The van der Waals surface area contributed by atoms with E-state index < -0.39 is 10.0 Å². The SMILES string of the molecule is CC(=O)c1ccc(S(=O)(=O)NCCCOC(C)c2ccccc2)cc1. The van der Waals surface area contributed by atoms with Crippen LogP contribution < -0.4 is 4.72 Å². The van der Waals surface area contributed by atoms with Crippen LogP contribution in [0.4, 0.5) is 0 Å². The number of rotatable bonds is 9. The van der Waals surface area contributed by atoms with Gasteiger partial charge in [-0.15, -0.1) is 0 Å². The van der Waals surface area contributed by atoms with Crippen LogP contribution in [0.15, 0.2) is 59.5 Å². The lowest BCUT2D eigenvalue weighted by Crippen LogP contribution is -2.25. The van der Waals surface area contributed by atoms with Gasteiger partial charge in [0.1, 0.15) is 0 Å². The van der Waals surface area contributed by atoms with E-state index in [0.717, 1.165) is 5.56 Å². The van der Waals surface area contributed by atoms with Crippen molar-refractivity contribution in [3.63, 3.8) is 0 Å². The third kappa shape index (κ3) is 5.77. The quantitative estimate of drug-likeness (QED) is 0.549. The van der Waals surface area contributed by atoms with Crippen LogP contribution in [-0.4, -0.2) is 27.4 Å². The maximum Gasteiger partial charge on any atom is 0.240 e. The van der Waals surface area contributed by atoms with Crippen molar-refractivity contribution in [3.8, 4) is 0 Å². The highest BCUT2D eigenvalue weighted by atomic mass is 32.2. The second-order valence-electron chi connectivity index (χ2n) is 5.76. The molecule has 1 N–H and O–H groups in total. The molecule has 0 amide bonds. The minimum atomic E-state index is -3.57. The lowest BCUT2D eigenvalue weighted by atomic mass is 10.1. The van der Waals surface area contributed by atoms with Crippen LogP contribution in [0, 0.1) is 0 Å². The van der Waals surface area contributed by atoms with E-state index in [1.54, 1.807) is 0 Å². The molecule has 0 saturated heterocycles. The fourth-order valence-electron chi connectivity index (χ4n) is 2.31. The first-order valence-corrected chi connectivity index (χ1v) is 9.65. The van der Waals surface area contributed by atoms with E-state index >= 15 is 0 Å². The van der Waals surface area contributed by atoms with Crippen LogP contribution in [0.3, 0.4) is 0 Å². The minimum Gasteiger partial charge on any atom is -0.374 e. The van der Waals surface area contributed by atoms with Crippen molar-refractivity contribution in [2.45, 2.75) is 31.3 Å². The van der Waals surface area contributed by atoms with Gasteiger partial charge in [-0.25, -0.2) is 13.1 Å². The predicted octanol–water partition coefficient (Wildman–Crippen LogP) is 3.34. The topological polar surface area (TPSA) is 72.5 Å². The first kappa shape index (κ1) is 19.3.